The van der Waals surface area contributed by atoms with Gasteiger partial charge in [0, 0.05) is 50.4 Å². The van der Waals surface area contributed by atoms with Crippen LogP contribution < -0.4 is 0 Å². The third-order valence-corrected chi connectivity index (χ3v) is 5.55. The number of likely N-dealkylation sites (tertiary alicyclic amines) is 2. The SMILES string of the molecule is O=C1CC(C(=O)N2CCC(c3cnc[nH]3)CC2)CN1Cc1ccccc1. The second-order valence-electron chi connectivity index (χ2n) is 7.27. The molecule has 3 heterocycles. The Balaban J connectivity index is 1.32. The zero-order valence-corrected chi connectivity index (χ0v) is 14.8. The molecule has 0 bridgehead atoms. The van der Waals surface area contributed by atoms with Gasteiger partial charge >= 0.3 is 0 Å². The Morgan fingerprint density at radius 1 is 1.19 bits per heavy atom. The maximum absolute atomic E-state index is 12.9. The van der Waals surface area contributed by atoms with Crippen molar-refractivity contribution in [1.82, 2.24) is 19.8 Å². The van der Waals surface area contributed by atoms with Crippen LogP contribution in [-0.4, -0.2) is 51.2 Å². The molecule has 2 aromatic rings. The molecule has 2 fully saturated rings. The van der Waals surface area contributed by atoms with Gasteiger partial charge in [-0.3, -0.25) is 9.59 Å². The zero-order valence-electron chi connectivity index (χ0n) is 14.8. The average molecular weight is 352 g/mol. The monoisotopic (exact) mass is 352 g/mol. The van der Waals surface area contributed by atoms with Gasteiger partial charge in [-0.25, -0.2) is 4.98 Å². The van der Waals surface area contributed by atoms with Crippen molar-refractivity contribution in [2.45, 2.75) is 31.7 Å². The van der Waals surface area contributed by atoms with E-state index in [-0.39, 0.29) is 17.7 Å². The lowest BCUT2D eigenvalue weighted by Crippen LogP contribution is -2.42. The molecule has 2 aliphatic heterocycles. The topological polar surface area (TPSA) is 69.3 Å². The van der Waals surface area contributed by atoms with Crippen molar-refractivity contribution in [2.75, 3.05) is 19.6 Å². The Bertz CT molecular complexity index is 751. The van der Waals surface area contributed by atoms with Gasteiger partial charge in [-0.1, -0.05) is 30.3 Å². The molecule has 1 atom stereocenters. The van der Waals surface area contributed by atoms with Crippen LogP contribution >= 0.6 is 0 Å². The molecular weight excluding hydrogens is 328 g/mol. The van der Waals surface area contributed by atoms with Crippen molar-refractivity contribution in [3.63, 3.8) is 0 Å². The van der Waals surface area contributed by atoms with E-state index < -0.39 is 0 Å². The number of aromatic nitrogens is 2. The Hall–Kier alpha value is -2.63. The molecule has 6 heteroatoms. The summed E-state index contributed by atoms with van der Waals surface area (Å²) in [7, 11) is 0. The van der Waals surface area contributed by atoms with Crippen molar-refractivity contribution in [3.05, 3.63) is 54.1 Å². The fourth-order valence-electron chi connectivity index (χ4n) is 4.05. The van der Waals surface area contributed by atoms with E-state index in [4.69, 9.17) is 0 Å². The van der Waals surface area contributed by atoms with Crippen molar-refractivity contribution < 1.29 is 9.59 Å². The normalized spacial score (nSPS) is 21.4. The summed E-state index contributed by atoms with van der Waals surface area (Å²) in [5, 5.41) is 0. The quantitative estimate of drug-likeness (QED) is 0.917. The van der Waals surface area contributed by atoms with E-state index in [0.717, 1.165) is 37.2 Å². The Morgan fingerprint density at radius 3 is 2.65 bits per heavy atom. The Morgan fingerprint density at radius 2 is 1.96 bits per heavy atom. The molecule has 1 aromatic carbocycles. The standard InChI is InChI=1S/C20H24N4O2/c25-19-10-17(13-24(19)12-15-4-2-1-3-5-15)20(26)23-8-6-16(7-9-23)18-11-21-14-22-18/h1-5,11,14,16-17H,6-10,12-13H2,(H,21,22). The Kier molecular flexibility index (Phi) is 4.73. The molecule has 1 N–H and O–H groups in total. The third kappa shape index (κ3) is 3.49. The average Bonchev–Trinajstić information content (AvgIpc) is 3.33. The van der Waals surface area contributed by atoms with Gasteiger partial charge in [0.15, 0.2) is 0 Å². The minimum atomic E-state index is -0.199. The molecule has 136 valence electrons. The molecule has 0 spiro atoms. The maximum Gasteiger partial charge on any atom is 0.227 e. The molecule has 26 heavy (non-hydrogen) atoms. The van der Waals surface area contributed by atoms with E-state index in [1.807, 2.05) is 46.3 Å². The molecule has 0 saturated carbocycles. The summed E-state index contributed by atoms with van der Waals surface area (Å²) < 4.78 is 0. The number of benzene rings is 1. The van der Waals surface area contributed by atoms with E-state index in [0.29, 0.717) is 25.4 Å². The van der Waals surface area contributed by atoms with Crippen LogP contribution in [0.25, 0.3) is 0 Å². The zero-order chi connectivity index (χ0) is 17.9. The smallest absolute Gasteiger partial charge is 0.227 e. The van der Waals surface area contributed by atoms with Crippen molar-refractivity contribution in [2.24, 2.45) is 5.92 Å². The van der Waals surface area contributed by atoms with Crippen LogP contribution in [0, 0.1) is 5.92 Å². The van der Waals surface area contributed by atoms with Gasteiger partial charge in [-0.05, 0) is 18.4 Å². The summed E-state index contributed by atoms with van der Waals surface area (Å²) in [6.07, 6.45) is 5.81. The summed E-state index contributed by atoms with van der Waals surface area (Å²) >= 11 is 0. The lowest BCUT2D eigenvalue weighted by atomic mass is 9.93. The molecule has 1 unspecified atom stereocenters. The van der Waals surface area contributed by atoms with Crippen LogP contribution in [0.3, 0.4) is 0 Å². The first-order chi connectivity index (χ1) is 12.7. The van der Waals surface area contributed by atoms with E-state index in [1.54, 1.807) is 6.33 Å². The third-order valence-electron chi connectivity index (χ3n) is 5.55. The van der Waals surface area contributed by atoms with Crippen LogP contribution in [-0.2, 0) is 16.1 Å². The number of nitrogens with one attached hydrogen (secondary N) is 1. The fraction of sp³-hybridized carbons (Fsp3) is 0.450. The second-order valence-corrected chi connectivity index (χ2v) is 7.27. The Labute approximate surface area is 153 Å². The van der Waals surface area contributed by atoms with Gasteiger partial charge in [-0.15, -0.1) is 0 Å². The van der Waals surface area contributed by atoms with Crippen LogP contribution in [0.2, 0.25) is 0 Å². The number of aromatic amines is 1. The van der Waals surface area contributed by atoms with Crippen LogP contribution in [0.4, 0.5) is 0 Å². The van der Waals surface area contributed by atoms with Crippen LogP contribution in [0.5, 0.6) is 0 Å². The maximum atomic E-state index is 12.9. The van der Waals surface area contributed by atoms with Gasteiger partial charge in [0.25, 0.3) is 0 Å². The lowest BCUT2D eigenvalue weighted by molar-refractivity contribution is -0.136. The minimum absolute atomic E-state index is 0.0829. The number of carbonyl (C=O) groups is 2. The number of amides is 2. The first-order valence-electron chi connectivity index (χ1n) is 9.29. The molecule has 2 saturated heterocycles. The molecule has 4 rings (SSSR count). The number of piperidine rings is 1. The van der Waals surface area contributed by atoms with E-state index in [9.17, 15) is 9.59 Å². The lowest BCUT2D eigenvalue weighted by Gasteiger charge is -2.33. The highest BCUT2D eigenvalue weighted by Gasteiger charge is 2.37. The molecule has 0 aliphatic carbocycles. The highest BCUT2D eigenvalue weighted by molar-refractivity contribution is 5.89. The van der Waals surface area contributed by atoms with Gasteiger partial charge in [0.05, 0.1) is 12.2 Å². The van der Waals surface area contributed by atoms with Crippen molar-refractivity contribution in [3.8, 4) is 0 Å². The van der Waals surface area contributed by atoms with E-state index >= 15 is 0 Å². The van der Waals surface area contributed by atoms with Gasteiger partial charge in [0.1, 0.15) is 0 Å². The van der Waals surface area contributed by atoms with E-state index in [2.05, 4.69) is 9.97 Å². The van der Waals surface area contributed by atoms with Crippen LogP contribution in [0.15, 0.2) is 42.9 Å². The predicted molar refractivity (Wildman–Crippen MR) is 97.1 cm³/mol. The molecule has 2 amide bonds. The number of nitrogens with zero attached hydrogens (tertiary/aromatic N) is 3. The summed E-state index contributed by atoms with van der Waals surface area (Å²) in [5.41, 5.74) is 2.26. The number of hydrogen-bond acceptors (Lipinski definition) is 3. The minimum Gasteiger partial charge on any atom is -0.348 e. The number of imidazole rings is 1. The summed E-state index contributed by atoms with van der Waals surface area (Å²) in [6.45, 7) is 2.64. The number of H-pyrrole nitrogens is 1. The molecular formula is C20H24N4O2. The summed E-state index contributed by atoms with van der Waals surface area (Å²) in [4.78, 5) is 36.2. The molecule has 2 aliphatic rings. The first kappa shape index (κ1) is 16.8. The predicted octanol–water partition coefficient (Wildman–Crippen LogP) is 2.16. The van der Waals surface area contributed by atoms with Gasteiger partial charge in [-0.2, -0.15) is 0 Å². The van der Waals surface area contributed by atoms with Crippen LogP contribution in [0.1, 0.15) is 36.4 Å². The van der Waals surface area contributed by atoms with Gasteiger partial charge < -0.3 is 14.8 Å². The van der Waals surface area contributed by atoms with Gasteiger partial charge in [0.2, 0.25) is 11.8 Å². The highest BCUT2D eigenvalue weighted by Crippen LogP contribution is 2.29. The summed E-state index contributed by atoms with van der Waals surface area (Å²) in [6, 6.07) is 9.95. The molecule has 0 radical (unpaired) electrons. The number of rotatable bonds is 4. The molecule has 1 aromatic heterocycles. The highest BCUT2D eigenvalue weighted by atomic mass is 16.2. The largest absolute Gasteiger partial charge is 0.348 e. The van der Waals surface area contributed by atoms with E-state index in [1.165, 1.54) is 0 Å². The van der Waals surface area contributed by atoms with Crippen molar-refractivity contribution >= 4 is 11.8 Å². The van der Waals surface area contributed by atoms with Crippen molar-refractivity contribution in [1.29, 1.82) is 0 Å². The first-order valence-corrected chi connectivity index (χ1v) is 9.29. The summed E-state index contributed by atoms with van der Waals surface area (Å²) in [5.74, 6) is 0.466. The number of carbonyl (C=O) groups excluding carboxylic acids is 2. The molecule has 6 nitrogen and oxygen atoms in total. The second kappa shape index (κ2) is 7.32. The number of hydrogen-bond donors (Lipinski definition) is 1. The fourth-order valence-corrected chi connectivity index (χ4v) is 4.05.